The van der Waals surface area contributed by atoms with Gasteiger partial charge in [-0.2, -0.15) is 0 Å². The number of nitrogens with zero attached hydrogens (tertiary/aromatic N) is 1. The van der Waals surface area contributed by atoms with Crippen molar-refractivity contribution in [3.05, 3.63) is 0 Å². The highest BCUT2D eigenvalue weighted by Gasteiger charge is 2.35. The third-order valence-electron chi connectivity index (χ3n) is 3.07. The molecule has 0 aliphatic carbocycles. The van der Waals surface area contributed by atoms with Crippen molar-refractivity contribution in [3.8, 4) is 0 Å². The number of hydrogen-bond acceptors (Lipinski definition) is 4. The molecule has 0 radical (unpaired) electrons. The van der Waals surface area contributed by atoms with Gasteiger partial charge in [-0.3, -0.25) is 9.59 Å². The molecule has 0 aromatic carbocycles. The molecule has 1 fully saturated rings. The molecule has 1 saturated heterocycles. The summed E-state index contributed by atoms with van der Waals surface area (Å²) in [5, 5.41) is 2.71. The summed E-state index contributed by atoms with van der Waals surface area (Å²) in [6.45, 7) is 7.27. The van der Waals surface area contributed by atoms with Crippen LogP contribution in [0.1, 0.15) is 20.8 Å². The molecule has 0 aromatic rings. The first-order valence-corrected chi connectivity index (χ1v) is 6.40. The number of carbonyl (C=O) groups is 2. The fourth-order valence-corrected chi connectivity index (χ4v) is 1.85. The number of ether oxygens (including phenoxy) is 1. The van der Waals surface area contributed by atoms with Crippen LogP contribution in [0.5, 0.6) is 0 Å². The molecular formula is C12H23N3O3. The van der Waals surface area contributed by atoms with E-state index in [9.17, 15) is 9.59 Å². The maximum atomic E-state index is 12.2. The van der Waals surface area contributed by atoms with Gasteiger partial charge in [0.2, 0.25) is 11.8 Å². The number of nitrogens with one attached hydrogen (secondary N) is 1. The second-order valence-electron chi connectivity index (χ2n) is 4.79. The lowest BCUT2D eigenvalue weighted by molar-refractivity contribution is -0.150. The average molecular weight is 257 g/mol. The SMILES string of the molecule is CCNC(=O)C1COCCN1C(=O)[C@H](N)C(C)C. The van der Waals surface area contributed by atoms with Crippen molar-refractivity contribution < 1.29 is 14.3 Å². The Morgan fingerprint density at radius 1 is 1.50 bits per heavy atom. The molecule has 0 saturated carbocycles. The highest BCUT2D eigenvalue weighted by atomic mass is 16.5. The lowest BCUT2D eigenvalue weighted by Crippen LogP contribution is -2.59. The van der Waals surface area contributed by atoms with E-state index in [2.05, 4.69) is 5.32 Å². The van der Waals surface area contributed by atoms with Crippen molar-refractivity contribution in [2.24, 2.45) is 11.7 Å². The van der Waals surface area contributed by atoms with Crippen LogP contribution >= 0.6 is 0 Å². The predicted molar refractivity (Wildman–Crippen MR) is 67.8 cm³/mol. The van der Waals surface area contributed by atoms with E-state index in [-0.39, 0.29) is 24.3 Å². The van der Waals surface area contributed by atoms with Crippen LogP contribution in [-0.2, 0) is 14.3 Å². The standard InChI is InChI=1S/C12H23N3O3/c1-4-14-11(16)9-7-18-6-5-15(9)12(17)10(13)8(2)3/h8-10H,4-7,13H2,1-3H3,(H,14,16)/t9?,10-/m1/s1. The summed E-state index contributed by atoms with van der Waals surface area (Å²) in [6.07, 6.45) is 0. The van der Waals surface area contributed by atoms with E-state index in [1.165, 1.54) is 0 Å². The smallest absolute Gasteiger partial charge is 0.245 e. The van der Waals surface area contributed by atoms with E-state index in [1.54, 1.807) is 4.90 Å². The normalized spacial score (nSPS) is 21.8. The van der Waals surface area contributed by atoms with Crippen molar-refractivity contribution in [2.45, 2.75) is 32.9 Å². The Morgan fingerprint density at radius 2 is 2.17 bits per heavy atom. The quantitative estimate of drug-likeness (QED) is 0.700. The van der Waals surface area contributed by atoms with Gasteiger partial charge in [-0.1, -0.05) is 13.8 Å². The number of likely N-dealkylation sites (N-methyl/N-ethyl adjacent to an activating group) is 1. The van der Waals surface area contributed by atoms with E-state index in [1.807, 2.05) is 20.8 Å². The molecule has 0 spiro atoms. The van der Waals surface area contributed by atoms with E-state index >= 15 is 0 Å². The van der Waals surface area contributed by atoms with Crippen LogP contribution < -0.4 is 11.1 Å². The fraction of sp³-hybridized carbons (Fsp3) is 0.833. The van der Waals surface area contributed by atoms with Gasteiger partial charge in [0.25, 0.3) is 0 Å². The topological polar surface area (TPSA) is 84.7 Å². The summed E-state index contributed by atoms with van der Waals surface area (Å²) in [5.41, 5.74) is 5.86. The summed E-state index contributed by atoms with van der Waals surface area (Å²) in [7, 11) is 0. The van der Waals surface area contributed by atoms with Gasteiger partial charge in [-0.15, -0.1) is 0 Å². The third kappa shape index (κ3) is 3.43. The van der Waals surface area contributed by atoms with Gasteiger partial charge in [-0.05, 0) is 12.8 Å². The zero-order valence-electron chi connectivity index (χ0n) is 11.3. The van der Waals surface area contributed by atoms with Gasteiger partial charge >= 0.3 is 0 Å². The summed E-state index contributed by atoms with van der Waals surface area (Å²) in [4.78, 5) is 25.6. The molecule has 0 bridgehead atoms. The number of morpholine rings is 1. The molecule has 1 heterocycles. The molecule has 18 heavy (non-hydrogen) atoms. The molecule has 2 amide bonds. The first kappa shape index (κ1) is 14.9. The molecule has 104 valence electrons. The Balaban J connectivity index is 2.76. The second kappa shape index (κ2) is 6.70. The van der Waals surface area contributed by atoms with Crippen molar-refractivity contribution in [2.75, 3.05) is 26.3 Å². The molecule has 6 heteroatoms. The van der Waals surface area contributed by atoms with Crippen molar-refractivity contribution in [1.82, 2.24) is 10.2 Å². The minimum Gasteiger partial charge on any atom is -0.377 e. The molecule has 2 atom stereocenters. The van der Waals surface area contributed by atoms with Crippen LogP contribution in [0.3, 0.4) is 0 Å². The predicted octanol–water partition coefficient (Wildman–Crippen LogP) is -0.667. The Kier molecular flexibility index (Phi) is 5.55. The maximum absolute atomic E-state index is 12.2. The summed E-state index contributed by atoms with van der Waals surface area (Å²) >= 11 is 0. The van der Waals surface area contributed by atoms with Gasteiger partial charge in [0.1, 0.15) is 6.04 Å². The maximum Gasteiger partial charge on any atom is 0.245 e. The molecule has 6 nitrogen and oxygen atoms in total. The van der Waals surface area contributed by atoms with Crippen LogP contribution in [0.2, 0.25) is 0 Å². The largest absolute Gasteiger partial charge is 0.377 e. The zero-order chi connectivity index (χ0) is 13.7. The Bertz CT molecular complexity index is 307. The lowest BCUT2D eigenvalue weighted by atomic mass is 10.0. The first-order valence-electron chi connectivity index (χ1n) is 6.40. The molecule has 1 aliphatic heterocycles. The Labute approximate surface area is 108 Å². The minimum atomic E-state index is -0.569. The van der Waals surface area contributed by atoms with Crippen molar-refractivity contribution in [1.29, 1.82) is 0 Å². The van der Waals surface area contributed by atoms with Gasteiger partial charge in [0.15, 0.2) is 0 Å². The second-order valence-corrected chi connectivity index (χ2v) is 4.79. The van der Waals surface area contributed by atoms with Gasteiger partial charge in [0, 0.05) is 13.1 Å². The van der Waals surface area contributed by atoms with Gasteiger partial charge in [0.05, 0.1) is 19.3 Å². The summed E-state index contributed by atoms with van der Waals surface area (Å²) < 4.78 is 5.27. The lowest BCUT2D eigenvalue weighted by Gasteiger charge is -2.36. The molecule has 3 N–H and O–H groups in total. The number of rotatable bonds is 4. The molecular weight excluding hydrogens is 234 g/mol. The summed E-state index contributed by atoms with van der Waals surface area (Å²) in [5.74, 6) is -0.304. The Morgan fingerprint density at radius 3 is 2.72 bits per heavy atom. The molecule has 1 aliphatic rings. The number of hydrogen-bond donors (Lipinski definition) is 2. The van der Waals surface area contributed by atoms with Gasteiger partial charge < -0.3 is 20.7 Å². The molecule has 0 aromatic heterocycles. The van der Waals surface area contributed by atoms with Crippen molar-refractivity contribution in [3.63, 3.8) is 0 Å². The molecule has 1 rings (SSSR count). The van der Waals surface area contributed by atoms with E-state index < -0.39 is 12.1 Å². The average Bonchev–Trinajstić information content (AvgIpc) is 2.37. The third-order valence-corrected chi connectivity index (χ3v) is 3.07. The van der Waals surface area contributed by atoms with Crippen LogP contribution in [0.25, 0.3) is 0 Å². The minimum absolute atomic E-state index is 0.0511. The van der Waals surface area contributed by atoms with E-state index in [4.69, 9.17) is 10.5 Å². The number of amides is 2. The van der Waals surface area contributed by atoms with Crippen molar-refractivity contribution >= 4 is 11.8 Å². The number of nitrogens with two attached hydrogens (primary N) is 1. The first-order chi connectivity index (χ1) is 8.49. The Hall–Kier alpha value is -1.14. The highest BCUT2D eigenvalue weighted by Crippen LogP contribution is 2.12. The van der Waals surface area contributed by atoms with Crippen LogP contribution in [0, 0.1) is 5.92 Å². The van der Waals surface area contributed by atoms with Gasteiger partial charge in [-0.25, -0.2) is 0 Å². The van der Waals surface area contributed by atoms with Crippen LogP contribution in [-0.4, -0.2) is 55.1 Å². The zero-order valence-corrected chi connectivity index (χ0v) is 11.3. The van der Waals surface area contributed by atoms with Crippen LogP contribution in [0.15, 0.2) is 0 Å². The highest BCUT2D eigenvalue weighted by molar-refractivity contribution is 5.90. The van der Waals surface area contributed by atoms with E-state index in [0.29, 0.717) is 19.7 Å². The molecule has 1 unspecified atom stereocenters. The van der Waals surface area contributed by atoms with E-state index in [0.717, 1.165) is 0 Å². The summed E-state index contributed by atoms with van der Waals surface area (Å²) in [6, 6.07) is -1.13. The number of carbonyl (C=O) groups excluding carboxylic acids is 2. The van der Waals surface area contributed by atoms with Crippen LogP contribution in [0.4, 0.5) is 0 Å². The monoisotopic (exact) mass is 257 g/mol. The fourth-order valence-electron chi connectivity index (χ4n) is 1.85.